The third-order valence-electron chi connectivity index (χ3n) is 4.72. The fourth-order valence-electron chi connectivity index (χ4n) is 3.57. The Bertz CT molecular complexity index is 513. The van der Waals surface area contributed by atoms with Crippen LogP contribution in [0, 0.1) is 12.8 Å². The van der Waals surface area contributed by atoms with Crippen LogP contribution in [-0.2, 0) is 11.3 Å². The molecule has 3 heterocycles. The van der Waals surface area contributed by atoms with Gasteiger partial charge >= 0.3 is 0 Å². The molecule has 0 saturated carbocycles. The molecule has 2 saturated heterocycles. The Morgan fingerprint density at radius 2 is 2.24 bits per heavy atom. The number of aryl methyl sites for hydroxylation is 1. The van der Waals surface area contributed by atoms with Crippen molar-refractivity contribution in [1.82, 2.24) is 14.8 Å². The normalized spacial score (nSPS) is 26.1. The molecule has 0 spiro atoms. The Kier molecular flexibility index (Phi) is 4.31. The van der Waals surface area contributed by atoms with Crippen LogP contribution in [0.3, 0.4) is 0 Å². The summed E-state index contributed by atoms with van der Waals surface area (Å²) in [5, 5.41) is 3.17. The number of hydrogen-bond acceptors (Lipinski definition) is 4. The summed E-state index contributed by atoms with van der Waals surface area (Å²) < 4.78 is 0. The highest BCUT2D eigenvalue weighted by atomic mass is 32.1. The van der Waals surface area contributed by atoms with E-state index in [0.29, 0.717) is 31.0 Å². The summed E-state index contributed by atoms with van der Waals surface area (Å²) in [6.07, 6.45) is 3.05. The standard InChI is InChI=1S/C16H25N3OS/c1-11(2)4-6-18-7-5-14-15(18)8-16(20)19(14)9-13-10-21-12(3)17-13/h10-11,14-15H,4-9H2,1-3H3/t14-,15-/m0/s1. The van der Waals surface area contributed by atoms with E-state index in [1.54, 1.807) is 11.3 Å². The van der Waals surface area contributed by atoms with Crippen LogP contribution in [-0.4, -0.2) is 45.9 Å². The zero-order valence-electron chi connectivity index (χ0n) is 13.2. The lowest BCUT2D eigenvalue weighted by atomic mass is 10.1. The smallest absolute Gasteiger partial charge is 0.224 e. The van der Waals surface area contributed by atoms with Gasteiger partial charge in [-0.2, -0.15) is 0 Å². The van der Waals surface area contributed by atoms with E-state index < -0.39 is 0 Å². The van der Waals surface area contributed by atoms with E-state index in [4.69, 9.17) is 0 Å². The van der Waals surface area contributed by atoms with E-state index in [2.05, 4.69) is 34.0 Å². The van der Waals surface area contributed by atoms with Gasteiger partial charge in [0.15, 0.2) is 0 Å². The van der Waals surface area contributed by atoms with Crippen LogP contribution in [0.5, 0.6) is 0 Å². The molecule has 0 unspecified atom stereocenters. The van der Waals surface area contributed by atoms with Crippen LogP contribution in [0.15, 0.2) is 5.38 Å². The molecule has 1 amide bonds. The van der Waals surface area contributed by atoms with Gasteiger partial charge in [0.05, 0.1) is 17.2 Å². The highest BCUT2D eigenvalue weighted by molar-refractivity contribution is 7.09. The third kappa shape index (κ3) is 3.14. The second kappa shape index (κ2) is 6.05. The summed E-state index contributed by atoms with van der Waals surface area (Å²) >= 11 is 1.67. The zero-order chi connectivity index (χ0) is 15.0. The molecule has 0 bridgehead atoms. The van der Waals surface area contributed by atoms with Gasteiger partial charge in [0.2, 0.25) is 5.91 Å². The molecule has 1 aromatic rings. The number of rotatable bonds is 5. The highest BCUT2D eigenvalue weighted by Crippen LogP contribution is 2.33. The molecule has 0 aromatic carbocycles. The van der Waals surface area contributed by atoms with Crippen LogP contribution in [0.4, 0.5) is 0 Å². The minimum atomic E-state index is 0.310. The summed E-state index contributed by atoms with van der Waals surface area (Å²) in [4.78, 5) is 21.5. The molecule has 116 valence electrons. The van der Waals surface area contributed by atoms with Crippen molar-refractivity contribution in [2.45, 2.75) is 58.7 Å². The lowest BCUT2D eigenvalue weighted by Crippen LogP contribution is -2.37. The monoisotopic (exact) mass is 307 g/mol. The first-order valence-corrected chi connectivity index (χ1v) is 8.87. The van der Waals surface area contributed by atoms with Gasteiger partial charge in [-0.25, -0.2) is 4.98 Å². The number of carbonyl (C=O) groups excluding carboxylic acids is 1. The Morgan fingerprint density at radius 1 is 1.43 bits per heavy atom. The Balaban J connectivity index is 1.64. The lowest BCUT2D eigenvalue weighted by molar-refractivity contribution is -0.129. The SMILES string of the molecule is Cc1nc(CN2C(=O)C[C@H]3[C@@H]2CCN3CCC(C)C)cs1. The summed E-state index contributed by atoms with van der Waals surface area (Å²) in [6.45, 7) is 9.53. The molecule has 4 nitrogen and oxygen atoms in total. The van der Waals surface area contributed by atoms with E-state index in [1.165, 1.54) is 6.42 Å². The Labute approximate surface area is 131 Å². The Hall–Kier alpha value is -0.940. The molecule has 2 aliphatic heterocycles. The number of hydrogen-bond donors (Lipinski definition) is 0. The second-order valence-electron chi connectivity index (χ2n) is 6.73. The van der Waals surface area contributed by atoms with E-state index in [1.807, 2.05) is 6.92 Å². The van der Waals surface area contributed by atoms with Crippen LogP contribution in [0.1, 0.15) is 43.8 Å². The van der Waals surface area contributed by atoms with Crippen molar-refractivity contribution in [2.24, 2.45) is 5.92 Å². The number of aromatic nitrogens is 1. The summed E-state index contributed by atoms with van der Waals surface area (Å²) in [5.74, 6) is 1.04. The molecule has 2 atom stereocenters. The molecule has 0 radical (unpaired) electrons. The van der Waals surface area contributed by atoms with Gasteiger partial charge in [-0.15, -0.1) is 11.3 Å². The van der Waals surface area contributed by atoms with Crippen molar-refractivity contribution in [1.29, 1.82) is 0 Å². The van der Waals surface area contributed by atoms with Gasteiger partial charge in [-0.05, 0) is 32.2 Å². The first-order chi connectivity index (χ1) is 10.0. The highest BCUT2D eigenvalue weighted by Gasteiger charge is 2.46. The molecule has 5 heteroatoms. The molecule has 21 heavy (non-hydrogen) atoms. The number of carbonyl (C=O) groups is 1. The van der Waals surface area contributed by atoms with Gasteiger partial charge < -0.3 is 4.90 Å². The van der Waals surface area contributed by atoms with Gasteiger partial charge in [0.25, 0.3) is 0 Å². The molecule has 1 aromatic heterocycles. The van der Waals surface area contributed by atoms with Crippen LogP contribution < -0.4 is 0 Å². The molecule has 2 aliphatic rings. The van der Waals surface area contributed by atoms with Gasteiger partial charge in [-0.3, -0.25) is 9.69 Å². The van der Waals surface area contributed by atoms with Crippen molar-refractivity contribution >= 4 is 17.2 Å². The van der Waals surface area contributed by atoms with Crippen LogP contribution in [0.25, 0.3) is 0 Å². The number of amides is 1. The minimum Gasteiger partial charge on any atom is -0.332 e. The third-order valence-corrected chi connectivity index (χ3v) is 5.54. The summed E-state index contributed by atoms with van der Waals surface area (Å²) in [6, 6.07) is 0.850. The van der Waals surface area contributed by atoms with Gasteiger partial charge in [0.1, 0.15) is 0 Å². The predicted octanol–water partition coefficient (Wildman–Crippen LogP) is 2.67. The van der Waals surface area contributed by atoms with E-state index >= 15 is 0 Å². The molecular formula is C16H25N3OS. The van der Waals surface area contributed by atoms with Crippen LogP contribution >= 0.6 is 11.3 Å². The second-order valence-corrected chi connectivity index (χ2v) is 7.79. The fraction of sp³-hybridized carbons (Fsp3) is 0.750. The maximum absolute atomic E-state index is 12.4. The van der Waals surface area contributed by atoms with Crippen LogP contribution in [0.2, 0.25) is 0 Å². The van der Waals surface area contributed by atoms with E-state index in [-0.39, 0.29) is 0 Å². The predicted molar refractivity (Wildman–Crippen MR) is 85.2 cm³/mol. The first kappa shape index (κ1) is 15.0. The maximum Gasteiger partial charge on any atom is 0.224 e. The number of likely N-dealkylation sites (tertiary alicyclic amines) is 2. The van der Waals surface area contributed by atoms with Gasteiger partial charge in [0, 0.05) is 30.4 Å². The quantitative estimate of drug-likeness (QED) is 0.839. The number of nitrogens with zero attached hydrogens (tertiary/aromatic N) is 3. The van der Waals surface area contributed by atoms with E-state index in [0.717, 1.165) is 36.1 Å². The molecule has 3 rings (SSSR count). The van der Waals surface area contributed by atoms with Crippen molar-refractivity contribution in [3.05, 3.63) is 16.1 Å². The zero-order valence-corrected chi connectivity index (χ0v) is 14.0. The Morgan fingerprint density at radius 3 is 2.90 bits per heavy atom. The number of thiazole rings is 1. The fourth-order valence-corrected chi connectivity index (χ4v) is 4.18. The minimum absolute atomic E-state index is 0.310. The van der Waals surface area contributed by atoms with Crippen molar-refractivity contribution in [2.75, 3.05) is 13.1 Å². The average molecular weight is 307 g/mol. The molecule has 0 N–H and O–H groups in total. The molecule has 2 fully saturated rings. The van der Waals surface area contributed by atoms with E-state index in [9.17, 15) is 4.79 Å². The maximum atomic E-state index is 12.4. The average Bonchev–Trinajstić information content (AvgIpc) is 3.07. The molecular weight excluding hydrogens is 282 g/mol. The van der Waals surface area contributed by atoms with Crippen molar-refractivity contribution < 1.29 is 4.79 Å². The topological polar surface area (TPSA) is 36.4 Å². The summed E-state index contributed by atoms with van der Waals surface area (Å²) in [7, 11) is 0. The van der Waals surface area contributed by atoms with Crippen molar-refractivity contribution in [3.63, 3.8) is 0 Å². The largest absolute Gasteiger partial charge is 0.332 e. The lowest BCUT2D eigenvalue weighted by Gasteiger charge is -2.25. The molecule has 0 aliphatic carbocycles. The first-order valence-electron chi connectivity index (χ1n) is 7.99. The van der Waals surface area contributed by atoms with Gasteiger partial charge in [-0.1, -0.05) is 13.8 Å². The van der Waals surface area contributed by atoms with Crippen molar-refractivity contribution in [3.8, 4) is 0 Å². The summed E-state index contributed by atoms with van der Waals surface area (Å²) in [5.41, 5.74) is 1.05. The number of fused-ring (bicyclic) bond motifs is 1.